The smallest absolute Gasteiger partial charge is 0.253 e. The van der Waals surface area contributed by atoms with Crippen LogP contribution in [0.2, 0.25) is 0 Å². The number of nitrogens with one attached hydrogen (secondary N) is 1. The molecule has 5 nitrogen and oxygen atoms in total. The van der Waals surface area contributed by atoms with Crippen LogP contribution < -0.4 is 10.9 Å². The van der Waals surface area contributed by atoms with E-state index in [9.17, 15) is 4.79 Å². The lowest BCUT2D eigenvalue weighted by Crippen LogP contribution is -2.31. The van der Waals surface area contributed by atoms with Crippen LogP contribution >= 0.6 is 0 Å². The lowest BCUT2D eigenvalue weighted by Gasteiger charge is -2.11. The van der Waals surface area contributed by atoms with Gasteiger partial charge in [0.1, 0.15) is 0 Å². The average molecular weight is 237 g/mol. The molecule has 5 heteroatoms. The van der Waals surface area contributed by atoms with E-state index in [1.165, 1.54) is 0 Å². The van der Waals surface area contributed by atoms with Crippen molar-refractivity contribution >= 4 is 0 Å². The van der Waals surface area contributed by atoms with Crippen molar-refractivity contribution in [1.82, 2.24) is 14.9 Å². The summed E-state index contributed by atoms with van der Waals surface area (Å²) in [6.45, 7) is 4.99. The predicted octanol–water partition coefficient (Wildman–Crippen LogP) is 0.320. The van der Waals surface area contributed by atoms with Gasteiger partial charge in [-0.2, -0.15) is 0 Å². The molecule has 0 saturated carbocycles. The molecule has 1 aromatic rings. The third-order valence-electron chi connectivity index (χ3n) is 2.94. The van der Waals surface area contributed by atoms with Gasteiger partial charge >= 0.3 is 0 Å². The fourth-order valence-corrected chi connectivity index (χ4v) is 1.95. The van der Waals surface area contributed by atoms with Crippen molar-refractivity contribution in [3.05, 3.63) is 28.4 Å². The summed E-state index contributed by atoms with van der Waals surface area (Å²) < 4.78 is 7.12. The number of nitrogens with zero attached hydrogens (tertiary/aromatic N) is 2. The lowest BCUT2D eigenvalue weighted by molar-refractivity contribution is 0.110. The lowest BCUT2D eigenvalue weighted by atomic mass is 10.2. The second kappa shape index (κ2) is 5.93. The molecule has 0 radical (unpaired) electrons. The summed E-state index contributed by atoms with van der Waals surface area (Å²) in [4.78, 5) is 15.7. The molecule has 1 saturated heterocycles. The van der Waals surface area contributed by atoms with E-state index in [4.69, 9.17) is 4.74 Å². The molecule has 1 fully saturated rings. The van der Waals surface area contributed by atoms with Gasteiger partial charge in [-0.05, 0) is 19.8 Å². The van der Waals surface area contributed by atoms with E-state index >= 15 is 0 Å². The van der Waals surface area contributed by atoms with Gasteiger partial charge in [0, 0.05) is 38.0 Å². The summed E-state index contributed by atoms with van der Waals surface area (Å²) in [5.41, 5.74) is 0.773. The summed E-state index contributed by atoms with van der Waals surface area (Å²) in [5, 5.41) is 3.31. The number of hydrogen-bond donors (Lipinski definition) is 1. The van der Waals surface area contributed by atoms with Crippen molar-refractivity contribution in [2.75, 3.05) is 19.7 Å². The Kier molecular flexibility index (Phi) is 4.28. The normalized spacial score (nSPS) is 19.7. The second-order valence-electron chi connectivity index (χ2n) is 4.40. The van der Waals surface area contributed by atoms with Crippen molar-refractivity contribution in [1.29, 1.82) is 0 Å². The minimum Gasteiger partial charge on any atom is -0.377 e. The van der Waals surface area contributed by atoms with Crippen LogP contribution in [0, 0.1) is 6.92 Å². The Morgan fingerprint density at radius 3 is 3.24 bits per heavy atom. The van der Waals surface area contributed by atoms with Crippen LogP contribution in [-0.2, 0) is 11.3 Å². The first-order chi connectivity index (χ1) is 8.25. The zero-order valence-corrected chi connectivity index (χ0v) is 10.2. The minimum atomic E-state index is 0.0106. The number of hydrogen-bond acceptors (Lipinski definition) is 4. The van der Waals surface area contributed by atoms with Gasteiger partial charge in [0.15, 0.2) is 0 Å². The summed E-state index contributed by atoms with van der Waals surface area (Å²) in [6, 6.07) is 1.56. The molecule has 0 amide bonds. The number of rotatable bonds is 5. The maximum Gasteiger partial charge on any atom is 0.253 e. The van der Waals surface area contributed by atoms with E-state index in [1.54, 1.807) is 17.0 Å². The van der Waals surface area contributed by atoms with Gasteiger partial charge in [-0.3, -0.25) is 9.36 Å². The van der Waals surface area contributed by atoms with Crippen molar-refractivity contribution in [2.24, 2.45) is 0 Å². The Morgan fingerprint density at radius 2 is 2.53 bits per heavy atom. The maximum atomic E-state index is 11.6. The zero-order valence-electron chi connectivity index (χ0n) is 10.2. The van der Waals surface area contributed by atoms with E-state index in [1.807, 2.05) is 6.92 Å². The molecule has 1 aliphatic heterocycles. The molecule has 1 unspecified atom stereocenters. The van der Waals surface area contributed by atoms with Crippen molar-refractivity contribution in [3.63, 3.8) is 0 Å². The molecule has 94 valence electrons. The number of ether oxygens (including phenoxy) is 1. The van der Waals surface area contributed by atoms with E-state index in [0.717, 1.165) is 38.2 Å². The van der Waals surface area contributed by atoms with Gasteiger partial charge in [0.05, 0.1) is 12.4 Å². The van der Waals surface area contributed by atoms with Gasteiger partial charge in [-0.15, -0.1) is 0 Å². The number of aryl methyl sites for hydroxylation is 1. The predicted molar refractivity (Wildman–Crippen MR) is 65.1 cm³/mol. The largest absolute Gasteiger partial charge is 0.377 e. The monoisotopic (exact) mass is 237 g/mol. The van der Waals surface area contributed by atoms with Crippen LogP contribution in [0.5, 0.6) is 0 Å². The van der Waals surface area contributed by atoms with E-state index in [2.05, 4.69) is 10.3 Å². The first-order valence-corrected chi connectivity index (χ1v) is 6.11. The summed E-state index contributed by atoms with van der Waals surface area (Å²) in [5.74, 6) is 0. The molecular formula is C12H19N3O2. The quantitative estimate of drug-likeness (QED) is 0.749. The molecular weight excluding hydrogens is 218 g/mol. The Morgan fingerprint density at radius 1 is 1.65 bits per heavy atom. The highest BCUT2D eigenvalue weighted by atomic mass is 16.5. The highest BCUT2D eigenvalue weighted by Crippen LogP contribution is 2.10. The number of aromatic nitrogens is 2. The third kappa shape index (κ3) is 3.64. The van der Waals surface area contributed by atoms with Gasteiger partial charge < -0.3 is 10.1 Å². The minimum absolute atomic E-state index is 0.0106. The Balaban J connectivity index is 1.72. The molecule has 0 spiro atoms. The van der Waals surface area contributed by atoms with Crippen LogP contribution in [-0.4, -0.2) is 35.4 Å². The topological polar surface area (TPSA) is 56.2 Å². The fraction of sp³-hybridized carbons (Fsp3) is 0.667. The van der Waals surface area contributed by atoms with Crippen LogP contribution in [0.1, 0.15) is 18.5 Å². The fourth-order valence-electron chi connectivity index (χ4n) is 1.95. The molecule has 1 atom stereocenters. The molecule has 1 aromatic heterocycles. The molecule has 17 heavy (non-hydrogen) atoms. The van der Waals surface area contributed by atoms with Crippen LogP contribution in [0.15, 0.2) is 17.2 Å². The average Bonchev–Trinajstić information content (AvgIpc) is 2.79. The maximum absolute atomic E-state index is 11.6. The first kappa shape index (κ1) is 12.3. The second-order valence-corrected chi connectivity index (χ2v) is 4.40. The molecule has 1 aliphatic rings. The van der Waals surface area contributed by atoms with Gasteiger partial charge in [0.25, 0.3) is 5.56 Å². The van der Waals surface area contributed by atoms with Crippen molar-refractivity contribution in [3.8, 4) is 0 Å². The SMILES string of the molecule is Cc1cc(=O)n(CCNCC2CCCO2)cn1. The molecule has 0 aliphatic carbocycles. The Hall–Kier alpha value is -1.20. The molecule has 2 rings (SSSR count). The van der Waals surface area contributed by atoms with Crippen molar-refractivity contribution < 1.29 is 4.74 Å². The Labute approximate surface area is 101 Å². The van der Waals surface area contributed by atoms with Gasteiger partial charge in [-0.25, -0.2) is 4.98 Å². The molecule has 2 heterocycles. The van der Waals surface area contributed by atoms with Crippen LogP contribution in [0.4, 0.5) is 0 Å². The summed E-state index contributed by atoms with van der Waals surface area (Å²) >= 11 is 0. The molecule has 0 bridgehead atoms. The van der Waals surface area contributed by atoms with Gasteiger partial charge in [-0.1, -0.05) is 0 Å². The molecule has 1 N–H and O–H groups in total. The van der Waals surface area contributed by atoms with Crippen LogP contribution in [0.25, 0.3) is 0 Å². The Bertz CT molecular complexity index is 410. The summed E-state index contributed by atoms with van der Waals surface area (Å²) in [7, 11) is 0. The zero-order chi connectivity index (χ0) is 12.1. The first-order valence-electron chi connectivity index (χ1n) is 6.11. The van der Waals surface area contributed by atoms with Crippen molar-refractivity contribution in [2.45, 2.75) is 32.4 Å². The standard InChI is InChI=1S/C12H19N3O2/c1-10-7-12(16)15(9-14-10)5-4-13-8-11-3-2-6-17-11/h7,9,11,13H,2-6,8H2,1H3. The van der Waals surface area contributed by atoms with Crippen LogP contribution in [0.3, 0.4) is 0 Å². The summed E-state index contributed by atoms with van der Waals surface area (Å²) in [6.07, 6.45) is 4.25. The highest BCUT2D eigenvalue weighted by molar-refractivity contribution is 4.95. The van der Waals surface area contributed by atoms with Gasteiger partial charge in [0.2, 0.25) is 0 Å². The third-order valence-corrected chi connectivity index (χ3v) is 2.94. The van der Waals surface area contributed by atoms with E-state index in [-0.39, 0.29) is 5.56 Å². The van der Waals surface area contributed by atoms with E-state index < -0.39 is 0 Å². The highest BCUT2D eigenvalue weighted by Gasteiger charge is 2.14. The molecule has 0 aromatic carbocycles. The van der Waals surface area contributed by atoms with E-state index in [0.29, 0.717) is 12.6 Å².